The summed E-state index contributed by atoms with van der Waals surface area (Å²) in [6.45, 7) is 4.46. The molecule has 0 bridgehead atoms. The smallest absolute Gasteiger partial charge is 0.277 e. The minimum atomic E-state index is -0.362. The van der Waals surface area contributed by atoms with Crippen LogP contribution in [0.2, 0.25) is 5.02 Å². The minimum Gasteiger partial charge on any atom is -0.454 e. The number of carbonyl (C=O) groups excluding carboxylic acids is 1. The molecule has 3 heterocycles. The molecule has 1 atom stereocenters. The van der Waals surface area contributed by atoms with Crippen LogP contribution in [0.25, 0.3) is 0 Å². The fourth-order valence-electron chi connectivity index (χ4n) is 4.05. The molecule has 1 unspecified atom stereocenters. The summed E-state index contributed by atoms with van der Waals surface area (Å²) in [7, 11) is 0. The van der Waals surface area contributed by atoms with Crippen LogP contribution in [0.3, 0.4) is 0 Å². The molecule has 148 valence electrons. The molecule has 1 N–H and O–H groups in total. The van der Waals surface area contributed by atoms with Gasteiger partial charge in [0, 0.05) is 22.3 Å². The molecule has 6 nitrogen and oxygen atoms in total. The molecule has 0 aliphatic carbocycles. The number of ether oxygens (including phenoxy) is 2. The van der Waals surface area contributed by atoms with Crippen LogP contribution in [-0.2, 0) is 6.42 Å². The molecule has 7 heteroatoms. The summed E-state index contributed by atoms with van der Waals surface area (Å²) in [6.07, 6.45) is 0.773. The van der Waals surface area contributed by atoms with E-state index >= 15 is 0 Å². The first-order chi connectivity index (χ1) is 14.0. The maximum Gasteiger partial charge on any atom is 0.277 e. The SMILES string of the molecule is CC(C)Cc1n[nH]c2c1C(c1ccccc1Cl)N(c1ccc3c(c1)OCO3)C2=O. The summed E-state index contributed by atoms with van der Waals surface area (Å²) in [5, 5.41) is 8.04. The molecule has 2 aliphatic rings. The van der Waals surface area contributed by atoms with Crippen molar-refractivity contribution in [3.05, 3.63) is 70.0 Å². The minimum absolute atomic E-state index is 0.133. The Balaban J connectivity index is 1.69. The maximum atomic E-state index is 13.4. The van der Waals surface area contributed by atoms with Crippen molar-refractivity contribution < 1.29 is 14.3 Å². The van der Waals surface area contributed by atoms with Gasteiger partial charge in [0.2, 0.25) is 6.79 Å². The molecular formula is C22H20ClN3O3. The van der Waals surface area contributed by atoms with Gasteiger partial charge in [-0.1, -0.05) is 43.6 Å². The van der Waals surface area contributed by atoms with Gasteiger partial charge in [-0.15, -0.1) is 0 Å². The number of anilines is 1. The highest BCUT2D eigenvalue weighted by atomic mass is 35.5. The molecule has 0 saturated carbocycles. The molecular weight excluding hydrogens is 390 g/mol. The summed E-state index contributed by atoms with van der Waals surface area (Å²) < 4.78 is 10.9. The number of benzene rings is 2. The van der Waals surface area contributed by atoms with Gasteiger partial charge in [-0.05, 0) is 36.1 Å². The van der Waals surface area contributed by atoms with Crippen molar-refractivity contribution in [3.8, 4) is 11.5 Å². The lowest BCUT2D eigenvalue weighted by atomic mass is 9.95. The molecule has 29 heavy (non-hydrogen) atoms. The highest BCUT2D eigenvalue weighted by Crippen LogP contribution is 2.46. The van der Waals surface area contributed by atoms with Crippen molar-refractivity contribution in [2.45, 2.75) is 26.3 Å². The fourth-order valence-corrected chi connectivity index (χ4v) is 4.29. The van der Waals surface area contributed by atoms with Crippen molar-refractivity contribution in [2.75, 3.05) is 11.7 Å². The van der Waals surface area contributed by atoms with Crippen LogP contribution in [0.15, 0.2) is 42.5 Å². The number of hydrogen-bond acceptors (Lipinski definition) is 4. The zero-order valence-corrected chi connectivity index (χ0v) is 16.9. The number of aromatic nitrogens is 2. The summed E-state index contributed by atoms with van der Waals surface area (Å²) in [5.74, 6) is 1.58. The lowest BCUT2D eigenvalue weighted by Crippen LogP contribution is -2.29. The van der Waals surface area contributed by atoms with Crippen LogP contribution >= 0.6 is 11.6 Å². The molecule has 2 aromatic carbocycles. The van der Waals surface area contributed by atoms with E-state index in [1.807, 2.05) is 42.5 Å². The molecule has 0 fully saturated rings. The first kappa shape index (κ1) is 18.1. The standard InChI is InChI=1S/C22H20ClN3O3/c1-12(2)9-16-19-20(25-24-16)22(27)26(21(19)14-5-3-4-6-15(14)23)13-7-8-17-18(10-13)29-11-28-17/h3-8,10,12,21H,9,11H2,1-2H3,(H,24,25). The maximum absolute atomic E-state index is 13.4. The van der Waals surface area contributed by atoms with Gasteiger partial charge < -0.3 is 9.47 Å². The van der Waals surface area contributed by atoms with Gasteiger partial charge in [0.1, 0.15) is 5.69 Å². The lowest BCUT2D eigenvalue weighted by molar-refractivity contribution is 0.0988. The highest BCUT2D eigenvalue weighted by Gasteiger charge is 2.43. The second kappa shape index (κ2) is 6.81. The third-order valence-corrected chi connectivity index (χ3v) is 5.63. The Kier molecular flexibility index (Phi) is 4.24. The van der Waals surface area contributed by atoms with E-state index in [-0.39, 0.29) is 18.7 Å². The van der Waals surface area contributed by atoms with Gasteiger partial charge in [0.15, 0.2) is 11.5 Å². The van der Waals surface area contributed by atoms with Crippen molar-refractivity contribution in [3.63, 3.8) is 0 Å². The zero-order chi connectivity index (χ0) is 20.1. The van der Waals surface area contributed by atoms with E-state index in [4.69, 9.17) is 21.1 Å². The van der Waals surface area contributed by atoms with E-state index in [1.165, 1.54) is 0 Å². The number of amides is 1. The van der Waals surface area contributed by atoms with Gasteiger partial charge in [-0.2, -0.15) is 5.10 Å². The Bertz CT molecular complexity index is 1110. The first-order valence-corrected chi connectivity index (χ1v) is 9.97. The number of fused-ring (bicyclic) bond motifs is 2. The third kappa shape index (κ3) is 2.86. The summed E-state index contributed by atoms with van der Waals surface area (Å²) >= 11 is 6.58. The topological polar surface area (TPSA) is 67.5 Å². The van der Waals surface area contributed by atoms with Gasteiger partial charge in [0.25, 0.3) is 5.91 Å². The largest absolute Gasteiger partial charge is 0.454 e. The van der Waals surface area contributed by atoms with Gasteiger partial charge in [0.05, 0.1) is 11.7 Å². The van der Waals surface area contributed by atoms with Crippen molar-refractivity contribution >= 4 is 23.2 Å². The zero-order valence-electron chi connectivity index (χ0n) is 16.1. The monoisotopic (exact) mass is 409 g/mol. The molecule has 0 radical (unpaired) electrons. The number of carbonyl (C=O) groups is 1. The number of hydrogen-bond donors (Lipinski definition) is 1. The summed E-state index contributed by atoms with van der Waals surface area (Å²) in [5.41, 5.74) is 3.91. The average molecular weight is 410 g/mol. The van der Waals surface area contributed by atoms with Gasteiger partial charge >= 0.3 is 0 Å². The van der Waals surface area contributed by atoms with Crippen LogP contribution in [-0.4, -0.2) is 22.9 Å². The normalized spacial score (nSPS) is 17.3. The number of rotatable bonds is 4. The van der Waals surface area contributed by atoms with Crippen LogP contribution in [0.1, 0.15) is 47.2 Å². The third-order valence-electron chi connectivity index (χ3n) is 5.28. The quantitative estimate of drug-likeness (QED) is 0.675. The first-order valence-electron chi connectivity index (χ1n) is 9.59. The number of aromatic amines is 1. The van der Waals surface area contributed by atoms with E-state index in [0.29, 0.717) is 28.1 Å². The van der Waals surface area contributed by atoms with Crippen molar-refractivity contribution in [1.29, 1.82) is 0 Å². The molecule has 3 aromatic rings. The van der Waals surface area contributed by atoms with Gasteiger partial charge in [-0.25, -0.2) is 0 Å². The Morgan fingerprint density at radius 2 is 2.00 bits per heavy atom. The Morgan fingerprint density at radius 1 is 1.21 bits per heavy atom. The number of halogens is 1. The molecule has 5 rings (SSSR count). The summed E-state index contributed by atoms with van der Waals surface area (Å²) in [6, 6.07) is 12.8. The van der Waals surface area contributed by atoms with E-state index < -0.39 is 0 Å². The predicted molar refractivity (Wildman–Crippen MR) is 110 cm³/mol. The molecule has 0 saturated heterocycles. The Morgan fingerprint density at radius 3 is 2.79 bits per heavy atom. The number of H-pyrrole nitrogens is 1. The average Bonchev–Trinajstić information content (AvgIpc) is 3.38. The van der Waals surface area contributed by atoms with Crippen molar-refractivity contribution in [2.24, 2.45) is 5.92 Å². The summed E-state index contributed by atoms with van der Waals surface area (Å²) in [4.78, 5) is 15.2. The van der Waals surface area contributed by atoms with Crippen LogP contribution in [0.5, 0.6) is 11.5 Å². The second-order valence-electron chi connectivity index (χ2n) is 7.69. The molecule has 0 spiro atoms. The number of nitrogens with zero attached hydrogens (tertiary/aromatic N) is 2. The Hall–Kier alpha value is -2.99. The van der Waals surface area contributed by atoms with Gasteiger partial charge in [-0.3, -0.25) is 14.8 Å². The van der Waals surface area contributed by atoms with E-state index in [2.05, 4.69) is 24.0 Å². The van der Waals surface area contributed by atoms with Crippen LogP contribution in [0, 0.1) is 5.92 Å². The number of nitrogens with one attached hydrogen (secondary N) is 1. The van der Waals surface area contributed by atoms with Crippen LogP contribution in [0.4, 0.5) is 5.69 Å². The second-order valence-corrected chi connectivity index (χ2v) is 8.10. The molecule has 2 aliphatic heterocycles. The predicted octanol–water partition coefficient (Wildman–Crippen LogP) is 4.74. The lowest BCUT2D eigenvalue weighted by Gasteiger charge is -2.27. The van der Waals surface area contributed by atoms with E-state index in [9.17, 15) is 4.79 Å². The molecule has 1 aromatic heterocycles. The van der Waals surface area contributed by atoms with Crippen LogP contribution < -0.4 is 14.4 Å². The Labute approximate surface area is 173 Å². The highest BCUT2D eigenvalue weighted by molar-refractivity contribution is 6.31. The van der Waals surface area contributed by atoms with E-state index in [1.54, 1.807) is 4.90 Å². The van der Waals surface area contributed by atoms with Crippen molar-refractivity contribution in [1.82, 2.24) is 10.2 Å². The fraction of sp³-hybridized carbons (Fsp3) is 0.273. The van der Waals surface area contributed by atoms with E-state index in [0.717, 1.165) is 28.9 Å². The molecule has 1 amide bonds.